The Kier molecular flexibility index (Phi) is 4.53. The Hall–Kier alpha value is -2.46. The van der Waals surface area contributed by atoms with E-state index in [0.29, 0.717) is 6.42 Å². The number of carboxylic acid groups (broad SMARTS) is 1. The van der Waals surface area contributed by atoms with E-state index in [4.69, 9.17) is 0 Å². The number of aliphatic carboxylic acids is 1. The van der Waals surface area contributed by atoms with Gasteiger partial charge in [0.1, 0.15) is 5.01 Å². The first kappa shape index (κ1) is 15.4. The zero-order valence-corrected chi connectivity index (χ0v) is 13.6. The van der Waals surface area contributed by atoms with E-state index in [0.717, 1.165) is 26.4 Å². The lowest BCUT2D eigenvalue weighted by Crippen LogP contribution is -2.21. The van der Waals surface area contributed by atoms with Gasteiger partial charge in [-0.3, -0.25) is 0 Å². The van der Waals surface area contributed by atoms with E-state index in [1.165, 1.54) is 5.56 Å². The number of para-hydroxylation sites is 1. The van der Waals surface area contributed by atoms with Gasteiger partial charge in [0, 0.05) is 5.97 Å². The van der Waals surface area contributed by atoms with E-state index in [1.54, 1.807) is 11.3 Å². The van der Waals surface area contributed by atoms with Crippen molar-refractivity contribution in [3.8, 4) is 0 Å². The van der Waals surface area contributed by atoms with Crippen LogP contribution in [0.1, 0.15) is 29.0 Å². The Bertz CT molecular complexity index is 847. The average molecular weight is 322 g/mol. The molecule has 0 N–H and O–H groups in total. The zero-order valence-electron chi connectivity index (χ0n) is 12.8. The zero-order chi connectivity index (χ0) is 16.2. The van der Waals surface area contributed by atoms with Gasteiger partial charge in [-0.05, 0) is 49.1 Å². The summed E-state index contributed by atoms with van der Waals surface area (Å²) in [6.45, 7) is 2.04. The third kappa shape index (κ3) is 3.85. The summed E-state index contributed by atoms with van der Waals surface area (Å²) in [7, 11) is 0. The molecule has 0 fully saturated rings. The molecule has 4 heteroatoms. The lowest BCUT2D eigenvalue weighted by molar-refractivity contribution is -0.305. The molecule has 0 spiro atoms. The second-order valence-corrected chi connectivity index (χ2v) is 6.47. The number of fused-ring (bicyclic) bond motifs is 1. The Morgan fingerprint density at radius 2 is 2.00 bits per heavy atom. The molecule has 116 valence electrons. The van der Waals surface area contributed by atoms with Crippen molar-refractivity contribution in [3.05, 3.63) is 64.7 Å². The molecule has 0 atom stereocenters. The number of aromatic nitrogens is 1. The highest BCUT2D eigenvalue weighted by molar-refractivity contribution is 7.19. The topological polar surface area (TPSA) is 53.0 Å². The van der Waals surface area contributed by atoms with Crippen LogP contribution in [0.2, 0.25) is 0 Å². The van der Waals surface area contributed by atoms with Crippen molar-refractivity contribution in [1.82, 2.24) is 4.98 Å². The van der Waals surface area contributed by atoms with E-state index in [2.05, 4.69) is 11.1 Å². The van der Waals surface area contributed by atoms with Gasteiger partial charge >= 0.3 is 0 Å². The third-order valence-electron chi connectivity index (χ3n) is 3.55. The predicted octanol–water partition coefficient (Wildman–Crippen LogP) is 3.68. The van der Waals surface area contributed by atoms with Crippen LogP contribution in [-0.4, -0.2) is 11.0 Å². The lowest BCUT2D eigenvalue weighted by Gasteiger charge is -2.06. The van der Waals surface area contributed by atoms with Gasteiger partial charge in [-0.25, -0.2) is 4.98 Å². The van der Waals surface area contributed by atoms with Crippen LogP contribution in [0.15, 0.2) is 48.5 Å². The molecule has 0 unspecified atom stereocenters. The monoisotopic (exact) mass is 322 g/mol. The molecule has 0 radical (unpaired) electrons. The second-order valence-electron chi connectivity index (χ2n) is 5.44. The SMILES string of the molecule is Cc1cccc(/C=C(\CCC(=O)[O-])c2nc3ccccc3s2)c1. The van der Waals surface area contributed by atoms with Gasteiger partial charge in [0.2, 0.25) is 0 Å². The first-order valence-corrected chi connectivity index (χ1v) is 8.26. The number of hydrogen-bond acceptors (Lipinski definition) is 4. The minimum atomic E-state index is -1.04. The lowest BCUT2D eigenvalue weighted by atomic mass is 10.1. The first-order valence-electron chi connectivity index (χ1n) is 7.45. The number of hydrogen-bond donors (Lipinski definition) is 0. The molecule has 0 amide bonds. The number of aryl methyl sites for hydroxylation is 1. The van der Waals surface area contributed by atoms with Crippen LogP contribution < -0.4 is 5.11 Å². The maximum Gasteiger partial charge on any atom is 0.120 e. The Morgan fingerprint density at radius 1 is 1.17 bits per heavy atom. The van der Waals surface area contributed by atoms with Gasteiger partial charge < -0.3 is 9.90 Å². The quantitative estimate of drug-likeness (QED) is 0.720. The van der Waals surface area contributed by atoms with Crippen LogP contribution in [0.5, 0.6) is 0 Å². The van der Waals surface area contributed by atoms with Gasteiger partial charge in [0.05, 0.1) is 10.2 Å². The predicted molar refractivity (Wildman–Crippen MR) is 92.9 cm³/mol. The number of thiazole rings is 1. The fourth-order valence-electron chi connectivity index (χ4n) is 2.45. The van der Waals surface area contributed by atoms with E-state index >= 15 is 0 Å². The molecule has 1 aromatic heterocycles. The second kappa shape index (κ2) is 6.75. The van der Waals surface area contributed by atoms with Crippen LogP contribution in [0.25, 0.3) is 21.9 Å². The molecule has 0 aliphatic heterocycles. The van der Waals surface area contributed by atoms with Crippen molar-refractivity contribution in [2.24, 2.45) is 0 Å². The summed E-state index contributed by atoms with van der Waals surface area (Å²) in [6, 6.07) is 16.1. The summed E-state index contributed by atoms with van der Waals surface area (Å²) in [5.74, 6) is -1.04. The highest BCUT2D eigenvalue weighted by Gasteiger charge is 2.09. The number of carbonyl (C=O) groups is 1. The maximum absolute atomic E-state index is 10.9. The standard InChI is InChI=1S/C19H17NO2S/c1-13-5-4-6-14(11-13)12-15(9-10-18(21)22)19-20-16-7-2-3-8-17(16)23-19/h2-8,11-12H,9-10H2,1H3,(H,21,22)/p-1/b15-12+. The summed E-state index contributed by atoms with van der Waals surface area (Å²) in [6.07, 6.45) is 2.43. The Labute approximate surface area is 138 Å². The Balaban J connectivity index is 2.02. The molecule has 3 nitrogen and oxygen atoms in total. The number of carbonyl (C=O) groups excluding carboxylic acids is 1. The third-order valence-corrected chi connectivity index (χ3v) is 4.66. The van der Waals surface area contributed by atoms with Crippen LogP contribution in [0, 0.1) is 6.92 Å². The van der Waals surface area contributed by atoms with Gasteiger partial charge in [-0.1, -0.05) is 42.0 Å². The number of allylic oxidation sites excluding steroid dienone is 1. The molecule has 3 rings (SSSR count). The van der Waals surface area contributed by atoms with E-state index in [1.807, 2.05) is 55.5 Å². The van der Waals surface area contributed by atoms with Crippen LogP contribution in [0.4, 0.5) is 0 Å². The largest absolute Gasteiger partial charge is 0.550 e. The van der Waals surface area contributed by atoms with Crippen molar-refractivity contribution in [2.75, 3.05) is 0 Å². The highest BCUT2D eigenvalue weighted by atomic mass is 32.1. The van der Waals surface area contributed by atoms with Gasteiger partial charge in [0.15, 0.2) is 0 Å². The molecule has 0 bridgehead atoms. The minimum Gasteiger partial charge on any atom is -0.550 e. The molecular formula is C19H16NO2S-. The van der Waals surface area contributed by atoms with Crippen LogP contribution in [0.3, 0.4) is 0 Å². The van der Waals surface area contributed by atoms with Crippen molar-refractivity contribution >= 4 is 39.2 Å². The highest BCUT2D eigenvalue weighted by Crippen LogP contribution is 2.30. The van der Waals surface area contributed by atoms with Gasteiger partial charge in [-0.15, -0.1) is 11.3 Å². The van der Waals surface area contributed by atoms with Crippen LogP contribution in [-0.2, 0) is 4.79 Å². The summed E-state index contributed by atoms with van der Waals surface area (Å²) in [5.41, 5.74) is 4.09. The normalized spacial score (nSPS) is 11.8. The molecule has 0 saturated carbocycles. The molecule has 0 aliphatic carbocycles. The molecule has 0 aliphatic rings. The number of carboxylic acids is 1. The number of benzene rings is 2. The first-order chi connectivity index (χ1) is 11.1. The summed E-state index contributed by atoms with van der Waals surface area (Å²) < 4.78 is 1.10. The van der Waals surface area contributed by atoms with Crippen LogP contribution >= 0.6 is 11.3 Å². The molecule has 2 aromatic carbocycles. The van der Waals surface area contributed by atoms with Crippen molar-refractivity contribution in [3.63, 3.8) is 0 Å². The molecule has 23 heavy (non-hydrogen) atoms. The van der Waals surface area contributed by atoms with E-state index in [9.17, 15) is 9.90 Å². The maximum atomic E-state index is 10.9. The summed E-state index contributed by atoms with van der Waals surface area (Å²) in [5, 5.41) is 11.7. The Morgan fingerprint density at radius 3 is 2.74 bits per heavy atom. The fraction of sp³-hybridized carbons (Fsp3) is 0.158. The number of nitrogens with zero attached hydrogens (tertiary/aromatic N) is 1. The number of rotatable bonds is 5. The average Bonchev–Trinajstić information content (AvgIpc) is 2.95. The summed E-state index contributed by atoms with van der Waals surface area (Å²) in [4.78, 5) is 15.5. The smallest absolute Gasteiger partial charge is 0.120 e. The fourth-order valence-corrected chi connectivity index (χ4v) is 3.46. The minimum absolute atomic E-state index is 0.00637. The van der Waals surface area contributed by atoms with Gasteiger partial charge in [-0.2, -0.15) is 0 Å². The van der Waals surface area contributed by atoms with E-state index < -0.39 is 5.97 Å². The molecule has 1 heterocycles. The molecule has 0 saturated heterocycles. The van der Waals surface area contributed by atoms with E-state index in [-0.39, 0.29) is 6.42 Å². The van der Waals surface area contributed by atoms with Crippen molar-refractivity contribution in [1.29, 1.82) is 0 Å². The van der Waals surface area contributed by atoms with Crippen molar-refractivity contribution < 1.29 is 9.90 Å². The molecule has 3 aromatic rings. The molecular weight excluding hydrogens is 306 g/mol. The van der Waals surface area contributed by atoms with Gasteiger partial charge in [0.25, 0.3) is 0 Å². The van der Waals surface area contributed by atoms with Crippen molar-refractivity contribution in [2.45, 2.75) is 19.8 Å². The summed E-state index contributed by atoms with van der Waals surface area (Å²) >= 11 is 1.59.